The Morgan fingerprint density at radius 3 is 0.655 bits per heavy atom. The molecule has 3 N–H and O–H groups in total. The average Bonchev–Trinajstić information content (AvgIpc) is 2.98. The molecular formula is C43H82LaO11. The first kappa shape index (κ1) is 62.8. The van der Waals surface area contributed by atoms with E-state index in [0.717, 1.165) is 0 Å². The number of allylic oxidation sites excluding steroid dienone is 6. The Balaban J connectivity index is -0.000000201. The standard InChI is InChI=1S/3C11H20O2.C10H22O5.La/c3*1-10(2,3)8(12)7-9(13)11(4,5)6;1-11-3-5-13-7-9-15-10-8-14-6-4-12-2;/h3*7,12H,1-6H3;3-10H2,1-2H3;/b3*8-7+;;. The molecule has 0 aromatic carbocycles. The van der Waals surface area contributed by atoms with Crippen molar-refractivity contribution in [1.82, 2.24) is 0 Å². The second-order valence-electron chi connectivity index (χ2n) is 19.0. The second-order valence-corrected chi connectivity index (χ2v) is 19.0. The predicted octanol–water partition coefficient (Wildman–Crippen LogP) is 9.60. The Labute approximate surface area is 364 Å². The molecule has 55 heavy (non-hydrogen) atoms. The van der Waals surface area contributed by atoms with Crippen molar-refractivity contribution >= 4 is 17.3 Å². The van der Waals surface area contributed by atoms with E-state index in [9.17, 15) is 29.7 Å². The number of hydrogen-bond acceptors (Lipinski definition) is 11. The summed E-state index contributed by atoms with van der Waals surface area (Å²) in [5, 5.41) is 28.7. The number of ketones is 3. The molecule has 0 fully saturated rings. The van der Waals surface area contributed by atoms with Gasteiger partial charge in [0.2, 0.25) is 0 Å². The van der Waals surface area contributed by atoms with Crippen molar-refractivity contribution in [1.29, 1.82) is 0 Å². The fraction of sp³-hybridized carbons (Fsp3) is 0.791. The largest absolute Gasteiger partial charge is 0.512 e. The summed E-state index contributed by atoms with van der Waals surface area (Å²) in [6.07, 6.45) is 4.00. The van der Waals surface area contributed by atoms with Gasteiger partial charge in [-0.2, -0.15) is 0 Å². The molecule has 0 heterocycles. The van der Waals surface area contributed by atoms with Crippen molar-refractivity contribution in [3.63, 3.8) is 0 Å². The normalized spacial score (nSPS) is 13.2. The molecule has 0 atom stereocenters. The number of rotatable bonds is 15. The van der Waals surface area contributed by atoms with E-state index in [1.165, 1.54) is 18.2 Å². The Morgan fingerprint density at radius 2 is 0.527 bits per heavy atom. The van der Waals surface area contributed by atoms with E-state index in [1.54, 1.807) is 14.2 Å². The average molecular weight is 914 g/mol. The minimum absolute atomic E-state index is 0. The molecule has 12 heteroatoms. The van der Waals surface area contributed by atoms with Gasteiger partial charge in [0.15, 0.2) is 17.3 Å². The van der Waals surface area contributed by atoms with Crippen LogP contribution in [-0.4, -0.2) is 99.7 Å². The van der Waals surface area contributed by atoms with E-state index in [1.807, 2.05) is 125 Å². The predicted molar refractivity (Wildman–Crippen MR) is 220 cm³/mol. The third-order valence-corrected chi connectivity index (χ3v) is 6.93. The van der Waals surface area contributed by atoms with Crippen LogP contribution in [-0.2, 0) is 38.1 Å². The maximum atomic E-state index is 11.5. The zero-order valence-corrected chi connectivity index (χ0v) is 42.2. The molecule has 0 aliphatic carbocycles. The van der Waals surface area contributed by atoms with Gasteiger partial charge in [-0.1, -0.05) is 125 Å². The fourth-order valence-electron chi connectivity index (χ4n) is 2.50. The zero-order chi connectivity index (χ0) is 43.8. The third-order valence-electron chi connectivity index (χ3n) is 6.93. The SMILES string of the molecule is CC(C)(C)C(=O)/C=C(/O)C(C)(C)C.CC(C)(C)C(=O)/C=C(/O)C(C)(C)C.CC(C)(C)C(=O)/C=C(/O)C(C)(C)C.COCCOCCOCCOCCOC.[La]. The van der Waals surface area contributed by atoms with Gasteiger partial charge in [0.25, 0.3) is 0 Å². The van der Waals surface area contributed by atoms with Crippen LogP contribution in [0.1, 0.15) is 125 Å². The van der Waals surface area contributed by atoms with Crippen LogP contribution >= 0.6 is 0 Å². The van der Waals surface area contributed by atoms with Gasteiger partial charge >= 0.3 is 0 Å². The van der Waals surface area contributed by atoms with Crippen LogP contribution in [0.2, 0.25) is 0 Å². The molecule has 11 nitrogen and oxygen atoms in total. The van der Waals surface area contributed by atoms with Crippen molar-refractivity contribution in [2.24, 2.45) is 32.5 Å². The van der Waals surface area contributed by atoms with E-state index in [0.29, 0.717) is 52.9 Å². The van der Waals surface area contributed by atoms with E-state index in [-0.39, 0.29) is 86.5 Å². The number of aliphatic hydroxyl groups excluding tert-OH is 3. The third kappa shape index (κ3) is 39.2. The maximum absolute atomic E-state index is 11.5. The quantitative estimate of drug-likeness (QED) is 0.0817. The Bertz CT molecular complexity index is 1010. The smallest absolute Gasteiger partial charge is 0.164 e. The molecule has 0 aromatic rings. The molecule has 0 saturated carbocycles. The molecule has 0 bridgehead atoms. The van der Waals surface area contributed by atoms with E-state index in [4.69, 9.17) is 23.7 Å². The van der Waals surface area contributed by atoms with E-state index < -0.39 is 16.2 Å². The first-order valence-electron chi connectivity index (χ1n) is 18.6. The summed E-state index contributed by atoms with van der Waals surface area (Å²) in [4.78, 5) is 34.5. The fourth-order valence-corrected chi connectivity index (χ4v) is 2.50. The number of carbonyl (C=O) groups excluding carboxylic acids is 3. The number of ether oxygens (including phenoxy) is 5. The van der Waals surface area contributed by atoms with Gasteiger partial charge in [-0.25, -0.2) is 0 Å². The summed E-state index contributed by atoms with van der Waals surface area (Å²) in [7, 11) is 3.30. The van der Waals surface area contributed by atoms with E-state index in [2.05, 4.69) is 0 Å². The number of carbonyl (C=O) groups is 3. The number of methoxy groups -OCH3 is 2. The molecule has 0 aliphatic rings. The Morgan fingerprint density at radius 1 is 0.364 bits per heavy atom. The van der Waals surface area contributed by atoms with Crippen LogP contribution in [0.15, 0.2) is 35.5 Å². The van der Waals surface area contributed by atoms with Crippen LogP contribution in [0.5, 0.6) is 0 Å². The summed E-state index contributed by atoms with van der Waals surface area (Å²) >= 11 is 0. The summed E-state index contributed by atoms with van der Waals surface area (Å²) in [6.45, 7) is 38.2. The molecule has 323 valence electrons. The van der Waals surface area contributed by atoms with Crippen LogP contribution in [0.3, 0.4) is 0 Å². The molecule has 0 amide bonds. The minimum atomic E-state index is -0.417. The van der Waals surface area contributed by atoms with Crippen LogP contribution in [0.25, 0.3) is 0 Å². The van der Waals surface area contributed by atoms with Gasteiger partial charge in [-0.3, -0.25) is 14.4 Å². The summed E-state index contributed by atoms with van der Waals surface area (Å²) in [5.74, 6) is 0.312. The second kappa shape index (κ2) is 29.8. The van der Waals surface area contributed by atoms with Crippen molar-refractivity contribution in [2.45, 2.75) is 125 Å². The van der Waals surface area contributed by atoms with Crippen LogP contribution in [0.4, 0.5) is 0 Å². The first-order chi connectivity index (χ1) is 24.1. The van der Waals surface area contributed by atoms with Gasteiger partial charge in [0, 0.05) is 101 Å². The maximum Gasteiger partial charge on any atom is 0.164 e. The molecule has 1 radical (unpaired) electrons. The van der Waals surface area contributed by atoms with Crippen LogP contribution in [0, 0.1) is 68.1 Å². The van der Waals surface area contributed by atoms with Crippen LogP contribution < -0.4 is 0 Å². The zero-order valence-electron chi connectivity index (χ0n) is 38.6. The Kier molecular flexibility index (Phi) is 34.0. The summed E-state index contributed by atoms with van der Waals surface area (Å²) in [5.41, 5.74) is -2.29. The molecule has 0 saturated heterocycles. The van der Waals surface area contributed by atoms with Crippen molar-refractivity contribution in [2.75, 3.05) is 67.1 Å². The number of aliphatic hydroxyl groups is 3. The Hall–Kier alpha value is -1.38. The van der Waals surface area contributed by atoms with Crippen molar-refractivity contribution in [3.05, 3.63) is 35.5 Å². The molecule has 0 spiro atoms. The summed E-state index contributed by atoms with van der Waals surface area (Å²) in [6, 6.07) is 0. The minimum Gasteiger partial charge on any atom is -0.512 e. The van der Waals surface area contributed by atoms with Crippen molar-refractivity contribution in [3.8, 4) is 0 Å². The van der Waals surface area contributed by atoms with Gasteiger partial charge in [-0.05, 0) is 0 Å². The molecule has 0 aromatic heterocycles. The van der Waals surface area contributed by atoms with Crippen molar-refractivity contribution < 1.29 is 89.0 Å². The monoisotopic (exact) mass is 913 g/mol. The first-order valence-corrected chi connectivity index (χ1v) is 18.6. The van der Waals surface area contributed by atoms with Gasteiger partial charge in [0.05, 0.1) is 52.9 Å². The number of hydrogen-bond donors (Lipinski definition) is 3. The summed E-state index contributed by atoms with van der Waals surface area (Å²) < 4.78 is 25.3. The molecule has 0 aliphatic heterocycles. The molecule has 0 unspecified atom stereocenters. The van der Waals surface area contributed by atoms with Gasteiger partial charge < -0.3 is 39.0 Å². The van der Waals surface area contributed by atoms with E-state index >= 15 is 0 Å². The van der Waals surface area contributed by atoms with Gasteiger partial charge in [0.1, 0.15) is 17.3 Å². The van der Waals surface area contributed by atoms with Gasteiger partial charge in [-0.15, -0.1) is 0 Å². The molecular weight excluding hydrogens is 831 g/mol. The molecule has 0 rings (SSSR count). The topological polar surface area (TPSA) is 158 Å².